The summed E-state index contributed by atoms with van der Waals surface area (Å²) in [6.45, 7) is 0. The summed E-state index contributed by atoms with van der Waals surface area (Å²) >= 11 is 0. The Kier molecular flexibility index (Phi) is 6.97. The molecule has 250 valence electrons. The zero-order valence-corrected chi connectivity index (χ0v) is 29.1. The molecule has 6 aliphatic rings. The van der Waals surface area contributed by atoms with Gasteiger partial charge in [-0.05, 0) is 133 Å². The molecule has 1 nitrogen and oxygen atoms in total. The molecule has 0 bridgehead atoms. The van der Waals surface area contributed by atoms with Gasteiger partial charge >= 0.3 is 0 Å². The highest BCUT2D eigenvalue weighted by atomic mass is 16.3. The highest BCUT2D eigenvalue weighted by Crippen LogP contribution is 2.70. The minimum atomic E-state index is 0.701. The van der Waals surface area contributed by atoms with Crippen LogP contribution in [0.3, 0.4) is 0 Å². The molecule has 49 heavy (non-hydrogen) atoms. The molecule has 5 aromatic rings. The molecule has 6 saturated carbocycles. The van der Waals surface area contributed by atoms with E-state index in [0.29, 0.717) is 5.92 Å². The van der Waals surface area contributed by atoms with Gasteiger partial charge in [-0.25, -0.2) is 0 Å². The SMILES string of the molecule is c1ccc(-c2cccc3c2oc2c(-c4cccc(C5CC6C7CCCCC7C7CCCC8C9CCCCC9C(C5)C6C78)c4)cccc23)cc1. The van der Waals surface area contributed by atoms with Gasteiger partial charge in [-0.1, -0.05) is 123 Å². The van der Waals surface area contributed by atoms with Gasteiger partial charge in [-0.15, -0.1) is 0 Å². The normalized spacial score (nSPS) is 36.5. The molecule has 8 unspecified atom stereocenters. The van der Waals surface area contributed by atoms with Crippen molar-refractivity contribution >= 4 is 21.9 Å². The van der Waals surface area contributed by atoms with E-state index in [4.69, 9.17) is 4.42 Å². The second-order valence-corrected chi connectivity index (χ2v) is 17.6. The van der Waals surface area contributed by atoms with Crippen molar-refractivity contribution in [3.8, 4) is 22.3 Å². The Labute approximate surface area is 292 Å². The molecule has 1 aromatic heterocycles. The van der Waals surface area contributed by atoms with Crippen molar-refractivity contribution in [2.24, 2.45) is 59.2 Å². The summed E-state index contributed by atoms with van der Waals surface area (Å²) < 4.78 is 6.89. The number of fused-ring (bicyclic) bond motifs is 9. The summed E-state index contributed by atoms with van der Waals surface area (Å²) in [5, 5.41) is 2.44. The van der Waals surface area contributed by atoms with Crippen molar-refractivity contribution in [1.82, 2.24) is 0 Å². The lowest BCUT2D eigenvalue weighted by atomic mass is 9.37. The predicted molar refractivity (Wildman–Crippen MR) is 202 cm³/mol. The molecule has 0 spiro atoms. The van der Waals surface area contributed by atoms with Crippen LogP contribution >= 0.6 is 0 Å². The van der Waals surface area contributed by atoms with E-state index in [-0.39, 0.29) is 0 Å². The smallest absolute Gasteiger partial charge is 0.143 e. The van der Waals surface area contributed by atoms with Gasteiger partial charge in [0.2, 0.25) is 0 Å². The summed E-state index contributed by atoms with van der Waals surface area (Å²) in [6, 6.07) is 34.0. The zero-order valence-electron chi connectivity index (χ0n) is 29.1. The number of para-hydroxylation sites is 2. The summed E-state index contributed by atoms with van der Waals surface area (Å²) in [6.07, 6.45) is 19.8. The lowest BCUT2D eigenvalue weighted by Gasteiger charge is -2.68. The Morgan fingerprint density at radius 1 is 0.408 bits per heavy atom. The van der Waals surface area contributed by atoms with Crippen LogP contribution in [0.4, 0.5) is 0 Å². The van der Waals surface area contributed by atoms with Gasteiger partial charge in [0.25, 0.3) is 0 Å². The van der Waals surface area contributed by atoms with Gasteiger partial charge in [0.1, 0.15) is 11.2 Å². The van der Waals surface area contributed by atoms with Crippen molar-refractivity contribution in [1.29, 1.82) is 0 Å². The van der Waals surface area contributed by atoms with Gasteiger partial charge in [0.15, 0.2) is 0 Å². The summed E-state index contributed by atoms with van der Waals surface area (Å²) in [5.74, 6) is 11.0. The van der Waals surface area contributed by atoms with Gasteiger partial charge in [0, 0.05) is 21.9 Å². The molecule has 8 atom stereocenters. The highest BCUT2D eigenvalue weighted by Gasteiger charge is 2.63. The van der Waals surface area contributed by atoms with Gasteiger partial charge in [-0.3, -0.25) is 0 Å². The third kappa shape index (κ3) is 4.49. The maximum Gasteiger partial charge on any atom is 0.143 e. The average molecular weight is 645 g/mol. The van der Waals surface area contributed by atoms with E-state index in [0.717, 1.165) is 70.3 Å². The molecule has 0 radical (unpaired) electrons. The molecule has 0 saturated heterocycles. The van der Waals surface area contributed by atoms with E-state index >= 15 is 0 Å². The molecular formula is C48H52O. The maximum absolute atomic E-state index is 6.89. The van der Waals surface area contributed by atoms with Gasteiger partial charge in [-0.2, -0.15) is 0 Å². The number of hydrogen-bond donors (Lipinski definition) is 0. The van der Waals surface area contributed by atoms with Crippen molar-refractivity contribution in [3.63, 3.8) is 0 Å². The molecule has 1 heteroatoms. The van der Waals surface area contributed by atoms with Crippen molar-refractivity contribution in [2.45, 2.75) is 89.4 Å². The van der Waals surface area contributed by atoms with Crippen LogP contribution < -0.4 is 0 Å². The first kappa shape index (κ1) is 29.4. The second-order valence-electron chi connectivity index (χ2n) is 17.6. The number of hydrogen-bond acceptors (Lipinski definition) is 1. The fourth-order valence-electron chi connectivity index (χ4n) is 14.4. The fourth-order valence-corrected chi connectivity index (χ4v) is 14.4. The van der Waals surface area contributed by atoms with Crippen LogP contribution in [-0.2, 0) is 0 Å². The largest absolute Gasteiger partial charge is 0.455 e. The zero-order chi connectivity index (χ0) is 32.1. The van der Waals surface area contributed by atoms with E-state index in [2.05, 4.69) is 91.0 Å². The third-order valence-electron chi connectivity index (χ3n) is 15.8. The molecule has 6 fully saturated rings. The molecular weight excluding hydrogens is 593 g/mol. The Morgan fingerprint density at radius 2 is 0.898 bits per heavy atom. The lowest BCUT2D eigenvalue weighted by Crippen LogP contribution is -2.61. The van der Waals surface area contributed by atoms with E-state index in [1.165, 1.54) is 84.4 Å². The first-order valence-corrected chi connectivity index (χ1v) is 20.4. The van der Waals surface area contributed by atoms with Crippen LogP contribution in [-0.4, -0.2) is 0 Å². The Balaban J connectivity index is 0.991. The van der Waals surface area contributed by atoms with E-state index in [9.17, 15) is 0 Å². The summed E-state index contributed by atoms with van der Waals surface area (Å²) in [7, 11) is 0. The monoisotopic (exact) mass is 644 g/mol. The highest BCUT2D eigenvalue weighted by molar-refractivity contribution is 6.13. The van der Waals surface area contributed by atoms with E-state index in [1.807, 2.05) is 0 Å². The van der Waals surface area contributed by atoms with Gasteiger partial charge in [0.05, 0.1) is 0 Å². The second kappa shape index (κ2) is 11.6. The quantitative estimate of drug-likeness (QED) is 0.190. The Morgan fingerprint density at radius 3 is 1.51 bits per heavy atom. The first-order valence-electron chi connectivity index (χ1n) is 20.4. The van der Waals surface area contributed by atoms with Crippen LogP contribution in [0.1, 0.15) is 95.0 Å². The molecule has 0 aliphatic heterocycles. The molecule has 1 heterocycles. The van der Waals surface area contributed by atoms with E-state index in [1.54, 1.807) is 37.7 Å². The van der Waals surface area contributed by atoms with Crippen molar-refractivity contribution in [2.75, 3.05) is 0 Å². The number of rotatable bonds is 3. The number of benzene rings is 4. The van der Waals surface area contributed by atoms with Crippen LogP contribution in [0.2, 0.25) is 0 Å². The molecule has 11 rings (SSSR count). The Hall–Kier alpha value is -3.32. The topological polar surface area (TPSA) is 13.1 Å². The first-order chi connectivity index (χ1) is 24.3. The van der Waals surface area contributed by atoms with Gasteiger partial charge < -0.3 is 4.42 Å². The minimum Gasteiger partial charge on any atom is -0.455 e. The van der Waals surface area contributed by atoms with E-state index < -0.39 is 0 Å². The van der Waals surface area contributed by atoms with Crippen molar-refractivity contribution in [3.05, 3.63) is 96.6 Å². The Bertz CT molecular complexity index is 1960. The minimum absolute atomic E-state index is 0.701. The lowest BCUT2D eigenvalue weighted by molar-refractivity contribution is -0.189. The standard InChI is InChI=1S/C48H52O/c1-2-12-29(13-3-1)33-20-9-24-41-42-25-10-21-34(48(42)49-47(33)41)31-15-8-14-30(26-31)32-27-43-37-18-6-4-16-35(37)39-22-11-23-40-36-17-5-7-19-38(36)44(28-32)46(43)45(39)40/h1-3,8-10,12-15,20-21,24-26,32,35-40,43-46H,4-7,11,16-19,22-23,27-28H2. The van der Waals surface area contributed by atoms with Crippen LogP contribution in [0, 0.1) is 59.2 Å². The molecule has 0 amide bonds. The van der Waals surface area contributed by atoms with Crippen LogP contribution in [0.25, 0.3) is 44.2 Å². The van der Waals surface area contributed by atoms with Crippen molar-refractivity contribution < 1.29 is 4.42 Å². The number of furan rings is 1. The molecule has 4 aromatic carbocycles. The fraction of sp³-hybridized carbons (Fsp3) is 0.500. The maximum atomic E-state index is 6.89. The average Bonchev–Trinajstić information content (AvgIpc) is 3.57. The molecule has 0 N–H and O–H groups in total. The van der Waals surface area contributed by atoms with Crippen LogP contribution in [0.15, 0.2) is 95.4 Å². The third-order valence-corrected chi connectivity index (χ3v) is 15.8. The predicted octanol–water partition coefficient (Wildman–Crippen LogP) is 13.3. The summed E-state index contributed by atoms with van der Waals surface area (Å²) in [4.78, 5) is 0. The summed E-state index contributed by atoms with van der Waals surface area (Å²) in [5.41, 5.74) is 8.61. The molecule has 6 aliphatic carbocycles. The van der Waals surface area contributed by atoms with Crippen LogP contribution in [0.5, 0.6) is 0 Å².